The van der Waals surface area contributed by atoms with E-state index in [9.17, 15) is 0 Å². The van der Waals surface area contributed by atoms with E-state index in [0.717, 1.165) is 0 Å². The molecular formula is H8Al3Fe3Mg3O32Si8. The van der Waals surface area contributed by atoms with Gasteiger partial charge in [-0.1, -0.05) is 0 Å². The largest absolute Gasteiger partial charge is 3.00 e. The van der Waals surface area contributed by atoms with Gasteiger partial charge >= 0.3 is 172 Å². The van der Waals surface area contributed by atoms with Crippen molar-refractivity contribution in [2.45, 2.75) is 0 Å². The topological polar surface area (TPSA) is 746 Å². The van der Waals surface area contributed by atoms with Crippen molar-refractivity contribution in [3.8, 4) is 0 Å². The number of rotatable bonds is 0. The molecule has 0 amide bonds. The van der Waals surface area contributed by atoms with Crippen LogP contribution in [0.15, 0.2) is 0 Å². The van der Waals surface area contributed by atoms with Gasteiger partial charge in [0, 0.05) is 73.4 Å². The molecule has 49 heavy (non-hydrogen) atoms. The van der Waals surface area contributed by atoms with Crippen LogP contribution in [0.5, 0.6) is 0 Å². The molecule has 0 aromatic heterocycles. The molecule has 49 heteroatoms. The summed E-state index contributed by atoms with van der Waals surface area (Å²) in [6.45, 7) is 0. The zero-order valence-electron chi connectivity index (χ0n) is 22.3. The third-order valence-corrected chi connectivity index (χ3v) is 0. The molecule has 0 atom stereocenters. The zero-order chi connectivity index (χ0) is 28.6. The Balaban J connectivity index is -0.00000000557. The minimum atomic E-state index is -3.63. The van der Waals surface area contributed by atoms with Gasteiger partial charge in [-0.2, -0.15) is 0 Å². The van der Waals surface area contributed by atoms with Crippen molar-refractivity contribution in [2.75, 3.05) is 0 Å². The molecule has 0 rings (SSSR count). The van der Waals surface area contributed by atoms with Gasteiger partial charge in [0.15, 0.2) is 0 Å². The molecule has 8 N–H and O–H groups in total. The second-order valence-corrected chi connectivity index (χ2v) is 6.00. The Bertz CT molecular complexity index is 405. The maximum atomic E-state index is 8.52. The molecule has 0 saturated carbocycles. The van der Waals surface area contributed by atoms with Gasteiger partial charge in [-0.25, -0.2) is 0 Å². The molecule has 3 radical (unpaired) electrons. The van der Waals surface area contributed by atoms with Crippen molar-refractivity contribution in [2.24, 2.45) is 0 Å². The van der Waals surface area contributed by atoms with Gasteiger partial charge in [0.25, 0.3) is 0 Å². The van der Waals surface area contributed by atoms with E-state index in [1.54, 1.807) is 0 Å². The Labute approximate surface area is 397 Å². The van der Waals surface area contributed by atoms with Crippen LogP contribution in [0, 0.1) is 0 Å². The Morgan fingerprint density at radius 2 is 0.204 bits per heavy atom. The van der Waals surface area contributed by atoms with Gasteiger partial charge in [0.1, 0.15) is 0 Å². The average molecular weight is 1070 g/mol. The first-order chi connectivity index (χ1) is 13.9. The molecule has 0 heterocycles. The van der Waals surface area contributed by atoms with Crippen LogP contribution in [-0.4, -0.2) is 238 Å². The van der Waals surface area contributed by atoms with E-state index < -0.39 is 73.4 Å². The quantitative estimate of drug-likeness (QED) is 0.203. The Hall–Kier alpha value is 2.07. The summed E-state index contributed by atoms with van der Waals surface area (Å²) in [5, 5.41) is 0. The van der Waals surface area contributed by atoms with E-state index in [4.69, 9.17) is 112 Å². The third-order valence-electron chi connectivity index (χ3n) is 0. The summed E-state index contributed by atoms with van der Waals surface area (Å²) in [5.74, 6) is 0. The van der Waals surface area contributed by atoms with Gasteiger partial charge < -0.3 is 156 Å². The van der Waals surface area contributed by atoms with Crippen LogP contribution >= 0.6 is 0 Å². The van der Waals surface area contributed by atoms with Crippen LogP contribution < -0.4 is 76.7 Å². The van der Waals surface area contributed by atoms with E-state index in [-0.39, 0.29) is 216 Å². The van der Waals surface area contributed by atoms with Crippen molar-refractivity contribution in [3.63, 3.8) is 0 Å². The van der Waals surface area contributed by atoms with Gasteiger partial charge in [0.05, 0.1) is 0 Å². The van der Waals surface area contributed by atoms with Crippen LogP contribution in [0.3, 0.4) is 0 Å². The maximum Gasteiger partial charge on any atom is 3.00 e. The van der Waals surface area contributed by atoms with Crippen molar-refractivity contribution >= 4 is 195 Å². The number of hydrogen-bond donors (Lipinski definition) is 0. The standard InChI is InChI=1S/3Al.3Fe.3Mg.8O3Si.8H2O/c;;;;;;;;;8*1-4(2)3;;;;;;;;/h;;;;;;;;;;;;;;;;;8*1H2/q6*+3;3*+2;8*-2;;;;;;;;/p-8. The van der Waals surface area contributed by atoms with Crippen LogP contribution in [0.1, 0.15) is 0 Å². The van der Waals surface area contributed by atoms with Crippen LogP contribution in [-0.2, 0) is 86.9 Å². The zero-order valence-corrected chi connectivity index (χ0v) is 41.3. The van der Waals surface area contributed by atoms with Gasteiger partial charge in [0.2, 0.25) is 0 Å². The summed E-state index contributed by atoms with van der Waals surface area (Å²) < 4.78 is 68.1. The normalized spacial score (nSPS) is 3.92. The summed E-state index contributed by atoms with van der Waals surface area (Å²) in [6.07, 6.45) is 0. The van der Waals surface area contributed by atoms with E-state index in [0.29, 0.717) is 0 Å². The fraction of sp³-hybridized carbons (Fsp3) is 0. The molecule has 0 saturated heterocycles. The van der Waals surface area contributed by atoms with Gasteiger partial charge in [-0.05, 0) is 0 Å². The molecule has 0 aromatic carbocycles. The predicted octanol–water partition coefficient (Wildman–Crippen LogP) is -26.7. The Morgan fingerprint density at radius 3 is 0.204 bits per heavy atom. The first-order valence-corrected chi connectivity index (χ1v) is 14.7. The summed E-state index contributed by atoms with van der Waals surface area (Å²) in [5.41, 5.74) is 0. The first kappa shape index (κ1) is 188. The predicted molar refractivity (Wildman–Crippen MR) is 102 cm³/mol. The van der Waals surface area contributed by atoms with Crippen molar-refractivity contribution in [3.05, 3.63) is 0 Å². The molecular weight excluding hydrogens is 1060 g/mol. The van der Waals surface area contributed by atoms with E-state index in [1.165, 1.54) is 0 Å². The SMILES string of the molecule is O=[Si]([O-])[O-].O=[Si]([O-])[O-].O=[Si]([O-])[O-].O=[Si]([O-])[O-].O=[Si]([O-])[O-].O=[Si]([O-])[O-].O=[Si]([O-])[O-].O=[Si]([O-])[O-].[Al+3].[Al+3].[Al+3].[Fe+3].[Fe+3].[Fe+3].[Mg+2].[Mg+2].[Mg+2].[OH-].[OH-].[OH-].[OH-].[OH-].[OH-].[OH-].[OH-]. The van der Waals surface area contributed by atoms with Crippen LogP contribution in [0.25, 0.3) is 0 Å². The van der Waals surface area contributed by atoms with E-state index >= 15 is 0 Å². The summed E-state index contributed by atoms with van der Waals surface area (Å²) in [7, 11) is -29.0. The van der Waals surface area contributed by atoms with E-state index in [2.05, 4.69) is 0 Å². The number of hydrogen-bond acceptors (Lipinski definition) is 32. The van der Waals surface area contributed by atoms with Crippen LogP contribution in [0.4, 0.5) is 0 Å². The molecule has 0 unspecified atom stereocenters. The summed E-state index contributed by atoms with van der Waals surface area (Å²) >= 11 is 0. The van der Waals surface area contributed by atoms with Crippen molar-refractivity contribution < 1.29 is 207 Å². The van der Waals surface area contributed by atoms with Gasteiger partial charge in [-0.3, -0.25) is 0 Å². The average Bonchev–Trinajstić information content (AvgIpc) is 2.30. The van der Waals surface area contributed by atoms with Crippen LogP contribution in [0.2, 0.25) is 0 Å². The summed E-state index contributed by atoms with van der Waals surface area (Å²) in [6, 6.07) is 0. The Kier molecular flexibility index (Phi) is 682. The van der Waals surface area contributed by atoms with Gasteiger partial charge in [-0.15, -0.1) is 0 Å². The molecule has 0 bridgehead atoms. The smallest absolute Gasteiger partial charge is 0.870 e. The monoisotopic (exact) mass is 1060 g/mol. The fourth-order valence-electron chi connectivity index (χ4n) is 0. The fourth-order valence-corrected chi connectivity index (χ4v) is 0. The molecule has 0 aliphatic rings. The van der Waals surface area contributed by atoms with E-state index in [1.807, 2.05) is 0 Å². The minimum absolute atomic E-state index is 0. The molecule has 32 nitrogen and oxygen atoms in total. The molecule has 271 valence electrons. The second-order valence-electron chi connectivity index (χ2n) is 2.00. The van der Waals surface area contributed by atoms with Crippen molar-refractivity contribution in [1.29, 1.82) is 0 Å². The first-order valence-electron chi connectivity index (χ1n) is 4.90. The minimum Gasteiger partial charge on any atom is -0.870 e. The molecule has 0 aliphatic heterocycles. The molecule has 0 aromatic rings. The maximum absolute atomic E-state index is 8.52. The van der Waals surface area contributed by atoms with Crippen molar-refractivity contribution in [1.82, 2.24) is 0 Å². The molecule has 0 spiro atoms. The molecule has 0 fully saturated rings. The third kappa shape index (κ3) is 27000. The summed E-state index contributed by atoms with van der Waals surface area (Å²) in [4.78, 5) is 136. The Morgan fingerprint density at radius 1 is 0.204 bits per heavy atom. The molecule has 0 aliphatic carbocycles. The second kappa shape index (κ2) is 177.